The normalized spacial score (nSPS) is 15.3. The zero-order valence-corrected chi connectivity index (χ0v) is 15.0. The minimum absolute atomic E-state index is 0.634. The highest BCUT2D eigenvalue weighted by Crippen LogP contribution is 2.64. The first-order valence-corrected chi connectivity index (χ1v) is 10.7. The molecule has 0 N–H and O–H groups in total. The Bertz CT molecular complexity index is 679. The van der Waals surface area contributed by atoms with Gasteiger partial charge in [-0.25, -0.2) is 4.98 Å². The maximum absolute atomic E-state index is 5.95. The first-order valence-electron chi connectivity index (χ1n) is 7.70. The number of fused-ring (bicyclic) bond motifs is 1. The number of hydrogen-bond acceptors (Lipinski definition) is 3. The second-order valence-electron chi connectivity index (χ2n) is 6.03. The van der Waals surface area contributed by atoms with E-state index < -0.39 is 7.26 Å². The molecule has 0 unspecified atom stereocenters. The van der Waals surface area contributed by atoms with Gasteiger partial charge in [0, 0.05) is 10.9 Å². The lowest BCUT2D eigenvalue weighted by molar-refractivity contribution is 0.612. The van der Waals surface area contributed by atoms with E-state index in [9.17, 15) is 0 Å². The van der Waals surface area contributed by atoms with Crippen molar-refractivity contribution in [3.8, 4) is 11.3 Å². The molecule has 0 saturated carbocycles. The van der Waals surface area contributed by atoms with E-state index in [1.807, 2.05) is 6.08 Å². The van der Waals surface area contributed by atoms with Crippen LogP contribution in [-0.4, -0.2) is 17.3 Å². The van der Waals surface area contributed by atoms with Crippen LogP contribution in [-0.2, 0) is 6.42 Å². The van der Waals surface area contributed by atoms with Gasteiger partial charge < -0.3 is 4.42 Å². The third-order valence-corrected chi connectivity index (χ3v) is 9.73. The molecule has 0 fully saturated rings. The molecule has 0 amide bonds. The van der Waals surface area contributed by atoms with Crippen LogP contribution in [0.4, 0.5) is 0 Å². The number of rotatable bonds is 6. The molecule has 112 valence electrons. The fourth-order valence-corrected chi connectivity index (χ4v) is 7.53. The predicted molar refractivity (Wildman–Crippen MR) is 95.7 cm³/mol. The first-order chi connectivity index (χ1) is 10.1. The molecule has 0 saturated heterocycles. The number of furan rings is 1. The average Bonchev–Trinajstić information content (AvgIpc) is 3.10. The molecule has 4 rings (SSSR count). The summed E-state index contributed by atoms with van der Waals surface area (Å²) in [7, 11) is -1.12. The molecule has 2 aromatic rings. The molecule has 21 heavy (non-hydrogen) atoms. The third kappa shape index (κ3) is 2.13. The molecule has 0 spiro atoms. The molecular formula is C17H23NOPS+. The standard InChI is InChI=1S/C17H23NOPS/c1-6-14-18-16(13(21-14)9-11(4)5)12-10-15-19-17(12)20(15,7-2)8-3/h6,10-11H,1,7-9H2,2-5H3/q+1. The molecule has 2 aliphatic rings. The van der Waals surface area contributed by atoms with Crippen molar-refractivity contribution in [2.45, 2.75) is 34.1 Å². The van der Waals surface area contributed by atoms with Crippen LogP contribution in [0.5, 0.6) is 0 Å². The van der Waals surface area contributed by atoms with Crippen molar-refractivity contribution in [3.05, 3.63) is 22.5 Å². The Kier molecular flexibility index (Phi) is 3.83. The molecule has 2 bridgehead atoms. The molecule has 0 aliphatic carbocycles. The Morgan fingerprint density at radius 2 is 2.10 bits per heavy atom. The Balaban J connectivity index is 2.06. The molecule has 0 aromatic carbocycles. The quantitative estimate of drug-likeness (QED) is 0.729. The monoisotopic (exact) mass is 320 g/mol. The lowest BCUT2D eigenvalue weighted by Crippen LogP contribution is -2.31. The van der Waals surface area contributed by atoms with Gasteiger partial charge in [-0.3, -0.25) is 0 Å². The van der Waals surface area contributed by atoms with Gasteiger partial charge >= 0.3 is 0 Å². The van der Waals surface area contributed by atoms with Crippen molar-refractivity contribution in [3.63, 3.8) is 0 Å². The summed E-state index contributed by atoms with van der Waals surface area (Å²) in [6, 6.07) is 2.27. The van der Waals surface area contributed by atoms with Gasteiger partial charge in [-0.1, -0.05) is 20.4 Å². The number of hydrogen-bond donors (Lipinski definition) is 0. The minimum atomic E-state index is -1.12. The van der Waals surface area contributed by atoms with Crippen LogP contribution in [0.1, 0.15) is 37.6 Å². The summed E-state index contributed by atoms with van der Waals surface area (Å²) in [6.45, 7) is 13.0. The summed E-state index contributed by atoms with van der Waals surface area (Å²) >= 11 is 1.77. The zero-order valence-electron chi connectivity index (χ0n) is 13.3. The highest BCUT2D eigenvalue weighted by molar-refractivity contribution is 7.90. The highest BCUT2D eigenvalue weighted by Gasteiger charge is 2.57. The zero-order chi connectivity index (χ0) is 15.2. The molecule has 2 aliphatic heterocycles. The lowest BCUT2D eigenvalue weighted by atomic mass is 10.1. The van der Waals surface area contributed by atoms with Crippen LogP contribution in [0.3, 0.4) is 0 Å². The van der Waals surface area contributed by atoms with Crippen LogP contribution in [0, 0.1) is 5.92 Å². The summed E-state index contributed by atoms with van der Waals surface area (Å²) in [6.07, 6.45) is 5.36. The van der Waals surface area contributed by atoms with Gasteiger partial charge in [0.25, 0.3) is 11.0 Å². The van der Waals surface area contributed by atoms with Crippen LogP contribution in [0.15, 0.2) is 17.1 Å². The van der Waals surface area contributed by atoms with Crippen molar-refractivity contribution in [2.24, 2.45) is 5.92 Å². The third-order valence-electron chi connectivity index (χ3n) is 4.33. The van der Waals surface area contributed by atoms with E-state index >= 15 is 0 Å². The molecule has 2 nitrogen and oxygen atoms in total. The number of aromatic nitrogens is 1. The Labute approximate surface area is 131 Å². The maximum atomic E-state index is 5.95. The SMILES string of the molecule is C=Cc1nc(-c2cc3oc2[P+]3(CC)CC)c(CC(C)C)s1. The molecule has 4 heteroatoms. The summed E-state index contributed by atoms with van der Waals surface area (Å²) in [5, 5.41) is 1.02. The maximum Gasteiger partial charge on any atom is 0.267 e. The molecule has 0 atom stereocenters. The summed E-state index contributed by atoms with van der Waals surface area (Å²) in [5.74, 6) is 0.634. The second kappa shape index (κ2) is 5.37. The Morgan fingerprint density at radius 1 is 1.38 bits per heavy atom. The van der Waals surface area contributed by atoms with E-state index in [2.05, 4.69) is 40.3 Å². The molecular weight excluding hydrogens is 297 g/mol. The van der Waals surface area contributed by atoms with E-state index in [-0.39, 0.29) is 0 Å². The fraction of sp³-hybridized carbons (Fsp3) is 0.471. The smallest absolute Gasteiger partial charge is 0.267 e. The predicted octanol–water partition coefficient (Wildman–Crippen LogP) is 4.57. The van der Waals surface area contributed by atoms with Gasteiger partial charge in [0.15, 0.2) is 7.26 Å². The van der Waals surface area contributed by atoms with E-state index in [0.29, 0.717) is 5.92 Å². The van der Waals surface area contributed by atoms with E-state index in [1.54, 1.807) is 11.3 Å². The van der Waals surface area contributed by atoms with Crippen LogP contribution < -0.4 is 11.0 Å². The van der Waals surface area contributed by atoms with Gasteiger partial charge in [-0.2, -0.15) is 0 Å². The van der Waals surface area contributed by atoms with Crippen molar-refractivity contribution >= 4 is 35.7 Å². The van der Waals surface area contributed by atoms with E-state index in [4.69, 9.17) is 9.40 Å². The van der Waals surface area contributed by atoms with Gasteiger partial charge in [0.2, 0.25) is 0 Å². The number of thiazole rings is 1. The largest absolute Gasteiger partial charge is 0.394 e. The Hall–Kier alpha value is -0.920. The van der Waals surface area contributed by atoms with Crippen molar-refractivity contribution in [1.29, 1.82) is 0 Å². The van der Waals surface area contributed by atoms with Gasteiger partial charge in [-0.05, 0) is 32.3 Å². The van der Waals surface area contributed by atoms with Crippen LogP contribution in [0.25, 0.3) is 17.3 Å². The summed E-state index contributed by atoms with van der Waals surface area (Å²) in [5.41, 5.74) is 4.92. The second-order valence-corrected chi connectivity index (χ2v) is 11.2. The summed E-state index contributed by atoms with van der Waals surface area (Å²) in [4.78, 5) is 6.19. The minimum Gasteiger partial charge on any atom is -0.394 e. The van der Waals surface area contributed by atoms with E-state index in [0.717, 1.165) is 17.1 Å². The fourth-order valence-electron chi connectivity index (χ4n) is 3.13. The van der Waals surface area contributed by atoms with Crippen LogP contribution in [0.2, 0.25) is 0 Å². The van der Waals surface area contributed by atoms with E-state index in [1.165, 1.54) is 33.8 Å². The topological polar surface area (TPSA) is 26.0 Å². The molecule has 2 aromatic heterocycles. The van der Waals surface area contributed by atoms with Crippen LogP contribution >= 0.6 is 18.6 Å². The number of nitrogens with zero attached hydrogens (tertiary/aromatic N) is 1. The Morgan fingerprint density at radius 3 is 2.62 bits per heavy atom. The summed E-state index contributed by atoms with van der Waals surface area (Å²) < 4.78 is 5.95. The molecule has 4 heterocycles. The highest BCUT2D eigenvalue weighted by atomic mass is 32.1. The lowest BCUT2D eigenvalue weighted by Gasteiger charge is -2.23. The van der Waals surface area contributed by atoms with Crippen molar-refractivity contribution in [1.82, 2.24) is 4.98 Å². The molecule has 0 radical (unpaired) electrons. The van der Waals surface area contributed by atoms with Gasteiger partial charge in [0.1, 0.15) is 5.01 Å². The van der Waals surface area contributed by atoms with Crippen molar-refractivity contribution < 1.29 is 4.42 Å². The first kappa shape index (κ1) is 15.0. The van der Waals surface area contributed by atoms with Crippen molar-refractivity contribution in [2.75, 3.05) is 12.3 Å². The van der Waals surface area contributed by atoms with Gasteiger partial charge in [0.05, 0.1) is 23.6 Å². The average molecular weight is 320 g/mol. The van der Waals surface area contributed by atoms with Gasteiger partial charge in [-0.15, -0.1) is 11.3 Å².